The Labute approximate surface area is 230 Å². The van der Waals surface area contributed by atoms with Crippen molar-refractivity contribution in [2.45, 2.75) is 6.92 Å². The van der Waals surface area contributed by atoms with Crippen molar-refractivity contribution in [2.24, 2.45) is 0 Å². The Morgan fingerprint density at radius 3 is 1.79 bits per heavy atom. The molecule has 0 saturated carbocycles. The largest absolute Gasteiger partial charge is 0.493 e. The third-order valence-corrected chi connectivity index (χ3v) is 7.27. The molecule has 0 aromatic heterocycles. The van der Waals surface area contributed by atoms with Crippen molar-refractivity contribution >= 4 is 16.8 Å². The van der Waals surface area contributed by atoms with Crippen LogP contribution in [0.5, 0.6) is 23.0 Å². The van der Waals surface area contributed by atoms with Crippen molar-refractivity contribution in [2.75, 3.05) is 28.4 Å². The van der Waals surface area contributed by atoms with Crippen LogP contribution in [0.2, 0.25) is 0 Å². The number of hydrogen-bond donors (Lipinski definition) is 0. The molecule has 4 heteroatoms. The summed E-state index contributed by atoms with van der Waals surface area (Å²) in [7, 11) is 6.65. The van der Waals surface area contributed by atoms with Crippen molar-refractivity contribution in [3.8, 4) is 56.4 Å². The lowest BCUT2D eigenvalue weighted by Crippen LogP contribution is -2.00. The molecule has 0 spiro atoms. The van der Waals surface area contributed by atoms with E-state index in [1.807, 2.05) is 24.3 Å². The number of aryl methyl sites for hydroxylation is 1. The number of methoxy groups -OCH3 is 4. The summed E-state index contributed by atoms with van der Waals surface area (Å²) in [6.45, 7) is 6.25. The topological polar surface area (TPSA) is 36.9 Å². The quantitative estimate of drug-likeness (QED) is 0.206. The lowest BCUT2D eigenvalue weighted by atomic mass is 9.88. The molecule has 0 unspecified atom stereocenters. The summed E-state index contributed by atoms with van der Waals surface area (Å²) >= 11 is 0. The van der Waals surface area contributed by atoms with Crippen molar-refractivity contribution in [1.82, 2.24) is 0 Å². The maximum Gasteiger partial charge on any atom is 0.169 e. The Morgan fingerprint density at radius 2 is 1.18 bits per heavy atom. The Morgan fingerprint density at radius 1 is 0.564 bits per heavy atom. The first-order chi connectivity index (χ1) is 19.0. The average molecular weight is 517 g/mol. The molecule has 0 atom stereocenters. The molecule has 5 rings (SSSR count). The van der Waals surface area contributed by atoms with Crippen LogP contribution in [0.15, 0.2) is 91.5 Å². The average Bonchev–Trinajstić information content (AvgIpc) is 3.00. The first kappa shape index (κ1) is 25.9. The van der Waals surface area contributed by atoms with E-state index in [4.69, 9.17) is 18.9 Å². The molecule has 5 aromatic rings. The van der Waals surface area contributed by atoms with Crippen molar-refractivity contribution in [3.63, 3.8) is 0 Å². The smallest absolute Gasteiger partial charge is 0.169 e. The molecule has 0 aliphatic carbocycles. The first-order valence-electron chi connectivity index (χ1n) is 12.8. The van der Waals surface area contributed by atoms with E-state index in [2.05, 4.69) is 80.2 Å². The van der Waals surface area contributed by atoms with Gasteiger partial charge in [-0.2, -0.15) is 0 Å². The van der Waals surface area contributed by atoms with E-state index in [9.17, 15) is 0 Å². The second-order valence-corrected chi connectivity index (χ2v) is 9.27. The molecular weight excluding hydrogens is 484 g/mol. The van der Waals surface area contributed by atoms with Gasteiger partial charge in [-0.25, -0.2) is 0 Å². The zero-order chi connectivity index (χ0) is 27.5. The summed E-state index contributed by atoms with van der Waals surface area (Å²) in [6, 6.07) is 29.3. The minimum absolute atomic E-state index is 0.652. The van der Waals surface area contributed by atoms with Gasteiger partial charge in [0.05, 0.1) is 28.4 Å². The molecule has 0 aliphatic rings. The molecule has 0 saturated heterocycles. The molecule has 0 bridgehead atoms. The van der Waals surface area contributed by atoms with E-state index >= 15 is 0 Å². The predicted octanol–water partition coefficient (Wildman–Crippen LogP) is 8.83. The third-order valence-electron chi connectivity index (χ3n) is 7.27. The van der Waals surface area contributed by atoms with E-state index in [0.29, 0.717) is 23.0 Å². The number of benzene rings is 5. The number of ether oxygens (including phenoxy) is 4. The van der Waals surface area contributed by atoms with E-state index < -0.39 is 0 Å². The maximum absolute atomic E-state index is 5.94. The Hall–Kier alpha value is -4.70. The standard InChI is InChI=1S/C35H32O4/c1-7-27-31(28-18-17-26-19-32(36-3)33(37-4)21-29(26)22(28)2)20-30(35(39-6)34(27)38-5)25-15-13-24(14-16-25)23-11-9-8-10-12-23/h7-21H,1H2,2-6H3. The molecule has 0 aliphatic heterocycles. The molecule has 0 fully saturated rings. The lowest BCUT2D eigenvalue weighted by Gasteiger charge is -2.21. The summed E-state index contributed by atoms with van der Waals surface area (Å²) < 4.78 is 23.0. The van der Waals surface area contributed by atoms with E-state index in [-0.39, 0.29) is 0 Å². The van der Waals surface area contributed by atoms with Gasteiger partial charge in [0.1, 0.15) is 0 Å². The fraction of sp³-hybridized carbons (Fsp3) is 0.143. The Balaban J connectivity index is 1.73. The molecular formula is C35H32O4. The molecule has 0 radical (unpaired) electrons. The van der Waals surface area contributed by atoms with Crippen molar-refractivity contribution in [1.29, 1.82) is 0 Å². The van der Waals surface area contributed by atoms with E-state index in [1.54, 1.807) is 28.4 Å². The highest BCUT2D eigenvalue weighted by Crippen LogP contribution is 2.48. The number of fused-ring (bicyclic) bond motifs is 1. The van der Waals surface area contributed by atoms with Crippen LogP contribution in [0.4, 0.5) is 0 Å². The fourth-order valence-electron chi connectivity index (χ4n) is 5.26. The third kappa shape index (κ3) is 4.59. The van der Waals surface area contributed by atoms with Gasteiger partial charge in [0.25, 0.3) is 0 Å². The monoisotopic (exact) mass is 516 g/mol. The van der Waals surface area contributed by atoms with Gasteiger partial charge in [-0.1, -0.05) is 79.4 Å². The first-order valence-corrected chi connectivity index (χ1v) is 12.8. The van der Waals surface area contributed by atoms with E-state index in [0.717, 1.165) is 49.7 Å². The zero-order valence-corrected chi connectivity index (χ0v) is 23.0. The van der Waals surface area contributed by atoms with Gasteiger partial charge in [0.15, 0.2) is 23.0 Å². The van der Waals surface area contributed by atoms with Gasteiger partial charge in [0.2, 0.25) is 0 Å². The van der Waals surface area contributed by atoms with E-state index in [1.165, 1.54) is 5.56 Å². The molecule has 0 heterocycles. The molecule has 5 aromatic carbocycles. The second-order valence-electron chi connectivity index (χ2n) is 9.27. The summed E-state index contributed by atoms with van der Waals surface area (Å²) in [4.78, 5) is 0. The van der Waals surface area contributed by atoms with Gasteiger partial charge in [0, 0.05) is 11.1 Å². The fourth-order valence-corrected chi connectivity index (χ4v) is 5.26. The van der Waals surface area contributed by atoms with Gasteiger partial charge >= 0.3 is 0 Å². The van der Waals surface area contributed by atoms with Gasteiger partial charge in [-0.05, 0) is 69.3 Å². The highest BCUT2D eigenvalue weighted by Gasteiger charge is 2.22. The second kappa shape index (κ2) is 11.0. The van der Waals surface area contributed by atoms with Crippen LogP contribution >= 0.6 is 0 Å². The SMILES string of the molecule is C=Cc1c(-c2ccc3cc(OC)c(OC)cc3c2C)cc(-c2ccc(-c3ccccc3)cc2)c(OC)c1OC. The number of rotatable bonds is 8. The highest BCUT2D eigenvalue weighted by atomic mass is 16.5. The molecule has 4 nitrogen and oxygen atoms in total. The van der Waals surface area contributed by atoms with Crippen LogP contribution in [0.3, 0.4) is 0 Å². The van der Waals surface area contributed by atoms with Crippen LogP contribution in [0.25, 0.3) is 50.2 Å². The summed E-state index contributed by atoms with van der Waals surface area (Å²) in [5.41, 5.74) is 8.40. The van der Waals surface area contributed by atoms with Gasteiger partial charge in [-0.15, -0.1) is 0 Å². The molecule has 39 heavy (non-hydrogen) atoms. The Bertz CT molecular complexity index is 1650. The Kier molecular flexibility index (Phi) is 7.29. The predicted molar refractivity (Wildman–Crippen MR) is 161 cm³/mol. The number of hydrogen-bond acceptors (Lipinski definition) is 4. The van der Waals surface area contributed by atoms with Crippen LogP contribution in [0.1, 0.15) is 11.1 Å². The lowest BCUT2D eigenvalue weighted by molar-refractivity contribution is 0.355. The molecule has 0 N–H and O–H groups in total. The maximum atomic E-state index is 5.94. The highest BCUT2D eigenvalue weighted by molar-refractivity contribution is 5.97. The summed E-state index contributed by atoms with van der Waals surface area (Å²) in [5, 5.41) is 2.16. The summed E-state index contributed by atoms with van der Waals surface area (Å²) in [6.07, 6.45) is 1.83. The van der Waals surface area contributed by atoms with Gasteiger partial charge < -0.3 is 18.9 Å². The normalized spacial score (nSPS) is 10.8. The summed E-state index contributed by atoms with van der Waals surface area (Å²) in [5.74, 6) is 2.73. The van der Waals surface area contributed by atoms with Crippen LogP contribution in [-0.2, 0) is 0 Å². The minimum atomic E-state index is 0.652. The minimum Gasteiger partial charge on any atom is -0.493 e. The molecule has 196 valence electrons. The van der Waals surface area contributed by atoms with Crippen LogP contribution in [-0.4, -0.2) is 28.4 Å². The van der Waals surface area contributed by atoms with Crippen LogP contribution < -0.4 is 18.9 Å². The molecule has 0 amide bonds. The van der Waals surface area contributed by atoms with Crippen molar-refractivity contribution < 1.29 is 18.9 Å². The van der Waals surface area contributed by atoms with Crippen LogP contribution in [0, 0.1) is 6.92 Å². The van der Waals surface area contributed by atoms with Gasteiger partial charge in [-0.3, -0.25) is 0 Å². The van der Waals surface area contributed by atoms with Crippen molar-refractivity contribution in [3.05, 3.63) is 103 Å². The zero-order valence-electron chi connectivity index (χ0n) is 23.0.